The van der Waals surface area contributed by atoms with Crippen LogP contribution in [-0.4, -0.2) is 0 Å². The fraction of sp³-hybridized carbons (Fsp3) is 0.600. The molecule has 1 saturated carbocycles. The van der Waals surface area contributed by atoms with Crippen molar-refractivity contribution < 1.29 is 0 Å². The number of fused-ring (bicyclic) bond motifs is 5. The molecule has 0 heterocycles. The lowest BCUT2D eigenvalue weighted by atomic mass is 9.62. The average molecular weight is 333 g/mol. The van der Waals surface area contributed by atoms with Gasteiger partial charge in [-0.2, -0.15) is 0 Å². The molecular weight excluding hydrogens is 300 g/mol. The first kappa shape index (κ1) is 15.9. The normalized spacial score (nSPS) is 33.7. The summed E-state index contributed by atoms with van der Waals surface area (Å²) in [5, 5.41) is 0. The number of hydrogen-bond acceptors (Lipinski definition) is 0. The molecule has 3 atom stereocenters. The Balaban J connectivity index is 1.67. The average Bonchev–Trinajstić information content (AvgIpc) is 3.09. The van der Waals surface area contributed by atoms with Crippen LogP contribution in [0.25, 0.3) is 5.57 Å². The second-order valence-electron chi connectivity index (χ2n) is 10.6. The number of allylic oxidation sites excluding steroid dienone is 4. The van der Waals surface area contributed by atoms with E-state index in [-0.39, 0.29) is 0 Å². The van der Waals surface area contributed by atoms with E-state index in [0.717, 1.165) is 17.8 Å². The summed E-state index contributed by atoms with van der Waals surface area (Å²) in [6.45, 7) is 12.2. The summed E-state index contributed by atoms with van der Waals surface area (Å²) in [6.07, 6.45) is 11.9. The molecule has 4 aliphatic carbocycles. The van der Waals surface area contributed by atoms with E-state index in [9.17, 15) is 0 Å². The molecule has 0 aromatic heterocycles. The molecule has 0 amide bonds. The number of hydrogen-bond donors (Lipinski definition) is 0. The van der Waals surface area contributed by atoms with Crippen molar-refractivity contribution in [3.05, 3.63) is 52.1 Å². The maximum atomic E-state index is 2.66. The molecule has 4 aliphatic rings. The fourth-order valence-corrected chi connectivity index (χ4v) is 6.07. The first-order valence-electron chi connectivity index (χ1n) is 10.4. The maximum absolute atomic E-state index is 2.66. The van der Waals surface area contributed by atoms with Gasteiger partial charge in [-0.1, -0.05) is 58.9 Å². The molecule has 0 aliphatic heterocycles. The molecule has 132 valence electrons. The van der Waals surface area contributed by atoms with E-state index in [1.807, 2.05) is 0 Å². The van der Waals surface area contributed by atoms with Crippen LogP contribution < -0.4 is 0 Å². The molecule has 5 rings (SSSR count). The van der Waals surface area contributed by atoms with Gasteiger partial charge in [0, 0.05) is 0 Å². The van der Waals surface area contributed by atoms with Crippen molar-refractivity contribution in [1.29, 1.82) is 0 Å². The van der Waals surface area contributed by atoms with Crippen LogP contribution in [0.1, 0.15) is 82.6 Å². The minimum Gasteiger partial charge on any atom is -0.0764 e. The van der Waals surface area contributed by atoms with E-state index in [4.69, 9.17) is 0 Å². The minimum atomic E-state index is 0.311. The second-order valence-corrected chi connectivity index (χ2v) is 10.6. The lowest BCUT2D eigenvalue weighted by molar-refractivity contribution is 0.331. The third-order valence-corrected chi connectivity index (χ3v) is 7.97. The Kier molecular flexibility index (Phi) is 3.12. The zero-order valence-corrected chi connectivity index (χ0v) is 16.6. The van der Waals surface area contributed by atoms with Crippen LogP contribution in [0.4, 0.5) is 0 Å². The van der Waals surface area contributed by atoms with Crippen molar-refractivity contribution in [3.8, 4) is 0 Å². The fourth-order valence-electron chi connectivity index (χ4n) is 6.07. The van der Waals surface area contributed by atoms with Gasteiger partial charge in [-0.05, 0) is 94.1 Å². The Morgan fingerprint density at radius 3 is 2.28 bits per heavy atom. The molecule has 0 heteroatoms. The summed E-state index contributed by atoms with van der Waals surface area (Å²) in [7, 11) is 0. The third kappa shape index (κ3) is 2.19. The van der Waals surface area contributed by atoms with Crippen LogP contribution in [0.3, 0.4) is 0 Å². The van der Waals surface area contributed by atoms with E-state index in [2.05, 4.69) is 58.9 Å². The predicted molar refractivity (Wildman–Crippen MR) is 107 cm³/mol. The molecule has 1 fully saturated rings. The molecule has 0 radical (unpaired) electrons. The van der Waals surface area contributed by atoms with Gasteiger partial charge in [0.1, 0.15) is 0 Å². The van der Waals surface area contributed by atoms with Crippen molar-refractivity contribution in [2.75, 3.05) is 0 Å². The Bertz CT molecular complexity index is 815. The van der Waals surface area contributed by atoms with Gasteiger partial charge in [0.25, 0.3) is 0 Å². The highest BCUT2D eigenvalue weighted by Crippen LogP contribution is 2.52. The first-order valence-corrected chi connectivity index (χ1v) is 10.4. The number of rotatable bonds is 0. The Hall–Kier alpha value is -1.30. The predicted octanol–water partition coefficient (Wildman–Crippen LogP) is 6.58. The van der Waals surface area contributed by atoms with Crippen LogP contribution in [0.15, 0.2) is 29.9 Å². The number of benzene rings is 1. The first-order chi connectivity index (χ1) is 11.8. The standard InChI is InChI=1S/C25H32/c1-15-6-7-16-11-20-17(12-19(15)16)10-18-13-22-23(14-21(18)20)25(4,5)9-8-24(22,2)3/h11-16,19H,6-10H2,1-5H3. The lowest BCUT2D eigenvalue weighted by Crippen LogP contribution is -2.34. The van der Waals surface area contributed by atoms with Crippen molar-refractivity contribution in [2.45, 2.75) is 77.6 Å². The Morgan fingerprint density at radius 1 is 0.880 bits per heavy atom. The monoisotopic (exact) mass is 332 g/mol. The van der Waals surface area contributed by atoms with Gasteiger partial charge < -0.3 is 0 Å². The highest BCUT2D eigenvalue weighted by molar-refractivity contribution is 5.88. The molecule has 0 nitrogen and oxygen atoms in total. The van der Waals surface area contributed by atoms with Gasteiger partial charge in [-0.3, -0.25) is 0 Å². The molecular formula is C25H32. The van der Waals surface area contributed by atoms with E-state index < -0.39 is 0 Å². The van der Waals surface area contributed by atoms with Crippen LogP contribution in [0.5, 0.6) is 0 Å². The summed E-state index contributed by atoms with van der Waals surface area (Å²) in [5.41, 5.74) is 10.2. The summed E-state index contributed by atoms with van der Waals surface area (Å²) in [5.74, 6) is 2.46. The van der Waals surface area contributed by atoms with Gasteiger partial charge in [-0.15, -0.1) is 0 Å². The Labute approximate surface area is 153 Å². The molecule has 1 aromatic carbocycles. The van der Waals surface area contributed by atoms with Crippen molar-refractivity contribution in [2.24, 2.45) is 17.8 Å². The zero-order chi connectivity index (χ0) is 17.6. The quantitative estimate of drug-likeness (QED) is 0.503. The maximum Gasteiger partial charge on any atom is -0.00165 e. The topological polar surface area (TPSA) is 0 Å². The SMILES string of the molecule is CC1CCC2C=C3C(=CC12)Cc1cc2c(cc13)C(C)(C)CCC2(C)C. The highest BCUT2D eigenvalue weighted by Gasteiger charge is 2.41. The molecule has 25 heavy (non-hydrogen) atoms. The minimum absolute atomic E-state index is 0.311. The van der Waals surface area contributed by atoms with Gasteiger partial charge in [0.2, 0.25) is 0 Å². The van der Waals surface area contributed by atoms with Crippen LogP contribution in [-0.2, 0) is 17.3 Å². The zero-order valence-electron chi connectivity index (χ0n) is 16.6. The van der Waals surface area contributed by atoms with Crippen LogP contribution in [0, 0.1) is 17.8 Å². The van der Waals surface area contributed by atoms with Gasteiger partial charge >= 0.3 is 0 Å². The van der Waals surface area contributed by atoms with Gasteiger partial charge in [0.05, 0.1) is 0 Å². The van der Waals surface area contributed by atoms with E-state index in [1.165, 1.54) is 32.1 Å². The third-order valence-electron chi connectivity index (χ3n) is 7.97. The highest BCUT2D eigenvalue weighted by atomic mass is 14.4. The van der Waals surface area contributed by atoms with E-state index in [1.54, 1.807) is 33.4 Å². The smallest absolute Gasteiger partial charge is 0.00165 e. The van der Waals surface area contributed by atoms with Crippen molar-refractivity contribution >= 4 is 5.57 Å². The summed E-state index contributed by atoms with van der Waals surface area (Å²) < 4.78 is 0. The van der Waals surface area contributed by atoms with E-state index in [0.29, 0.717) is 10.8 Å². The summed E-state index contributed by atoms with van der Waals surface area (Å²) in [6, 6.07) is 5.18. The molecule has 0 N–H and O–H groups in total. The second kappa shape index (κ2) is 4.90. The Morgan fingerprint density at radius 2 is 1.56 bits per heavy atom. The van der Waals surface area contributed by atoms with Crippen molar-refractivity contribution in [1.82, 2.24) is 0 Å². The molecule has 0 saturated heterocycles. The van der Waals surface area contributed by atoms with Crippen LogP contribution in [0.2, 0.25) is 0 Å². The van der Waals surface area contributed by atoms with Gasteiger partial charge in [-0.25, -0.2) is 0 Å². The van der Waals surface area contributed by atoms with E-state index >= 15 is 0 Å². The summed E-state index contributed by atoms with van der Waals surface area (Å²) in [4.78, 5) is 0. The van der Waals surface area contributed by atoms with Crippen LogP contribution >= 0.6 is 0 Å². The molecule has 3 unspecified atom stereocenters. The van der Waals surface area contributed by atoms with Gasteiger partial charge in [0.15, 0.2) is 0 Å². The largest absolute Gasteiger partial charge is 0.0764 e. The lowest BCUT2D eigenvalue weighted by Gasteiger charge is -2.42. The summed E-state index contributed by atoms with van der Waals surface area (Å²) >= 11 is 0. The molecule has 0 bridgehead atoms. The molecule has 1 aromatic rings. The van der Waals surface area contributed by atoms with Crippen molar-refractivity contribution in [3.63, 3.8) is 0 Å². The molecule has 0 spiro atoms.